The molecule has 0 bridgehead atoms. The minimum absolute atomic E-state index is 0.102. The van der Waals surface area contributed by atoms with E-state index in [1.54, 1.807) is 24.9 Å². The van der Waals surface area contributed by atoms with Crippen molar-refractivity contribution in [1.29, 1.82) is 0 Å². The van der Waals surface area contributed by atoms with E-state index >= 15 is 0 Å². The summed E-state index contributed by atoms with van der Waals surface area (Å²) < 4.78 is 25.9. The summed E-state index contributed by atoms with van der Waals surface area (Å²) in [7, 11) is 1.73. The van der Waals surface area contributed by atoms with Crippen LogP contribution in [0.4, 0.5) is 4.79 Å². The predicted octanol–water partition coefficient (Wildman–Crippen LogP) is 5.90. The highest BCUT2D eigenvalue weighted by Gasteiger charge is 2.65. The summed E-state index contributed by atoms with van der Waals surface area (Å²) >= 11 is 0. The molecule has 6 unspecified atom stereocenters. The van der Waals surface area contributed by atoms with E-state index in [2.05, 4.69) is 23.6 Å². The van der Waals surface area contributed by atoms with Crippen LogP contribution in [-0.2, 0) is 14.3 Å². The Hall–Kier alpha value is -3.12. The van der Waals surface area contributed by atoms with Gasteiger partial charge in [-0.25, -0.2) is 4.79 Å². The van der Waals surface area contributed by atoms with E-state index in [4.69, 9.17) is 28.9 Å². The van der Waals surface area contributed by atoms with Crippen LogP contribution in [0.1, 0.15) is 84.1 Å². The average Bonchev–Trinajstić information content (AvgIpc) is 3.92. The van der Waals surface area contributed by atoms with Gasteiger partial charge in [0, 0.05) is 57.8 Å². The number of fused-ring (bicyclic) bond motifs is 2. The molecule has 1 aromatic carbocycles. The molecule has 11 heteroatoms. The fourth-order valence-electron chi connectivity index (χ4n) is 7.95. The molecule has 50 heavy (non-hydrogen) atoms. The second-order valence-corrected chi connectivity index (χ2v) is 15.0. The third-order valence-electron chi connectivity index (χ3n) is 10.3. The monoisotopic (exact) mass is 697 g/mol. The highest BCUT2D eigenvalue weighted by atomic mass is 16.7. The summed E-state index contributed by atoms with van der Waals surface area (Å²) in [6, 6.07) is 5.45. The van der Waals surface area contributed by atoms with Gasteiger partial charge in [0.25, 0.3) is 0 Å². The Morgan fingerprint density at radius 2 is 1.90 bits per heavy atom. The van der Waals surface area contributed by atoms with Crippen molar-refractivity contribution in [2.24, 2.45) is 22.9 Å². The lowest BCUT2D eigenvalue weighted by Crippen LogP contribution is -2.69. The lowest BCUT2D eigenvalue weighted by Gasteiger charge is -2.59. The topological polar surface area (TPSA) is 122 Å². The normalized spacial score (nSPS) is 27.8. The maximum Gasteiger partial charge on any atom is 0.409 e. The zero-order valence-corrected chi connectivity index (χ0v) is 30.8. The molecule has 1 saturated carbocycles. The predicted molar refractivity (Wildman–Crippen MR) is 193 cm³/mol. The van der Waals surface area contributed by atoms with Crippen LogP contribution in [0.15, 0.2) is 47.7 Å². The van der Waals surface area contributed by atoms with Crippen LogP contribution in [0.2, 0.25) is 0 Å². The minimum atomic E-state index is -1.30. The number of hydrogen-bond donors (Lipinski definition) is 2. The number of carbonyl (C=O) groups is 1. The number of carbonyl (C=O) groups excluding carboxylic acids is 1. The fourth-order valence-corrected chi connectivity index (χ4v) is 7.95. The van der Waals surface area contributed by atoms with Gasteiger partial charge in [0.15, 0.2) is 0 Å². The number of unbranched alkanes of at least 4 members (excludes halogenated alkanes) is 2. The summed E-state index contributed by atoms with van der Waals surface area (Å²) in [4.78, 5) is 23.6. The smallest absolute Gasteiger partial charge is 0.409 e. The number of ether oxygens (including phenoxy) is 4. The molecule has 0 radical (unpaired) electrons. The van der Waals surface area contributed by atoms with E-state index in [1.807, 2.05) is 32.9 Å². The van der Waals surface area contributed by atoms with Crippen LogP contribution < -0.4 is 9.47 Å². The van der Waals surface area contributed by atoms with Crippen LogP contribution in [0.3, 0.4) is 0 Å². The number of allylic oxidation sites excluding steroid dienone is 1. The lowest BCUT2D eigenvalue weighted by atomic mass is 9.55. The van der Waals surface area contributed by atoms with Crippen molar-refractivity contribution in [1.82, 2.24) is 9.80 Å². The minimum Gasteiger partial charge on any atom is -0.492 e. The Bertz CT molecular complexity index is 1370. The van der Waals surface area contributed by atoms with E-state index in [1.165, 1.54) is 0 Å². The third kappa shape index (κ3) is 8.66. The summed E-state index contributed by atoms with van der Waals surface area (Å²) in [6.45, 7) is 16.1. The van der Waals surface area contributed by atoms with Gasteiger partial charge in [-0.05, 0) is 89.0 Å². The Kier molecular flexibility index (Phi) is 12.9. The van der Waals surface area contributed by atoms with Crippen LogP contribution in [-0.4, -0.2) is 109 Å². The van der Waals surface area contributed by atoms with Crippen LogP contribution >= 0.6 is 0 Å². The van der Waals surface area contributed by atoms with Crippen molar-refractivity contribution in [3.63, 3.8) is 0 Å². The number of nitrogens with zero attached hydrogens (tertiary/aromatic N) is 3. The van der Waals surface area contributed by atoms with Crippen molar-refractivity contribution in [3.05, 3.63) is 48.1 Å². The quantitative estimate of drug-likeness (QED) is 0.0836. The van der Waals surface area contributed by atoms with Gasteiger partial charge >= 0.3 is 6.09 Å². The standard InChI is InChI=1S/C39H59N3O8/c1-7-22-48-39-34(41(6)37(45)46-8-2)26-32(40-50-38(3,4)5)30-24-27(13-9-11-20-43)29(14-10-12-21-44)35(36(30)39)31-25-28(15-16-33(31)49-39)47-23-19-42-17-18-42/h7,15-16,24-25,27,29,34-36,43-44H,1,8-14,17-23,26H2,2-6H3. The number of benzene rings is 1. The molecule has 1 aromatic rings. The second kappa shape index (κ2) is 16.9. The number of aliphatic hydroxyl groups is 2. The van der Waals surface area contributed by atoms with Gasteiger partial charge in [-0.3, -0.25) is 4.90 Å². The highest BCUT2D eigenvalue weighted by Crippen LogP contribution is 2.61. The number of hydrogen-bond acceptors (Lipinski definition) is 10. The van der Waals surface area contributed by atoms with Gasteiger partial charge in [-0.2, -0.15) is 0 Å². The molecule has 2 fully saturated rings. The first-order valence-corrected chi connectivity index (χ1v) is 18.6. The summed E-state index contributed by atoms with van der Waals surface area (Å²) in [5, 5.41) is 24.4. The molecule has 0 aromatic heterocycles. The summed E-state index contributed by atoms with van der Waals surface area (Å²) in [6.07, 6.45) is 8.82. The highest BCUT2D eigenvalue weighted by molar-refractivity contribution is 6.02. The molecule has 278 valence electrons. The average molecular weight is 698 g/mol. The maximum atomic E-state index is 13.5. The fraction of sp³-hybridized carbons (Fsp3) is 0.692. The van der Waals surface area contributed by atoms with Crippen molar-refractivity contribution in [2.75, 3.05) is 59.7 Å². The van der Waals surface area contributed by atoms with E-state index in [9.17, 15) is 15.0 Å². The van der Waals surface area contributed by atoms with Crippen molar-refractivity contribution >= 4 is 11.8 Å². The number of likely N-dealkylation sites (N-methyl/N-ethyl adjacent to an activating group) is 1. The zero-order chi connectivity index (χ0) is 35.9. The van der Waals surface area contributed by atoms with E-state index < -0.39 is 23.5 Å². The Morgan fingerprint density at radius 3 is 2.56 bits per heavy atom. The molecule has 0 spiro atoms. The summed E-state index contributed by atoms with van der Waals surface area (Å²) in [5.41, 5.74) is 2.26. The first-order chi connectivity index (χ1) is 24.1. The molecule has 2 N–H and O–H groups in total. The number of aliphatic hydroxyl groups excluding tert-OH is 2. The molecule has 2 aliphatic carbocycles. The van der Waals surface area contributed by atoms with Gasteiger partial charge in [0.1, 0.15) is 29.7 Å². The van der Waals surface area contributed by atoms with Gasteiger partial charge in [0.2, 0.25) is 5.79 Å². The molecule has 2 aliphatic heterocycles. The zero-order valence-electron chi connectivity index (χ0n) is 30.8. The first kappa shape index (κ1) is 38.1. The number of amides is 1. The van der Waals surface area contributed by atoms with Gasteiger partial charge < -0.3 is 38.9 Å². The van der Waals surface area contributed by atoms with E-state index in [0.717, 1.165) is 74.3 Å². The maximum absolute atomic E-state index is 13.5. The van der Waals surface area contributed by atoms with Crippen LogP contribution in [0.5, 0.6) is 11.5 Å². The molecule has 2 heterocycles. The Labute approximate surface area is 298 Å². The molecule has 6 atom stereocenters. The lowest BCUT2D eigenvalue weighted by molar-refractivity contribution is -0.253. The molecule has 11 nitrogen and oxygen atoms in total. The largest absolute Gasteiger partial charge is 0.492 e. The molecule has 1 amide bonds. The van der Waals surface area contributed by atoms with Gasteiger partial charge in [-0.1, -0.05) is 30.1 Å². The van der Waals surface area contributed by atoms with Crippen molar-refractivity contribution in [2.45, 2.75) is 96.0 Å². The van der Waals surface area contributed by atoms with E-state index in [0.29, 0.717) is 25.2 Å². The summed E-state index contributed by atoms with van der Waals surface area (Å²) in [5.74, 6) is 0.0247. The molecule has 5 rings (SSSR count). The van der Waals surface area contributed by atoms with Crippen molar-refractivity contribution < 1.29 is 38.8 Å². The molecular formula is C39H59N3O8. The van der Waals surface area contributed by atoms with Crippen molar-refractivity contribution in [3.8, 4) is 11.5 Å². The number of oxime groups is 1. The molecule has 1 saturated heterocycles. The van der Waals surface area contributed by atoms with Crippen LogP contribution in [0, 0.1) is 17.8 Å². The SMILES string of the molecule is C=CCOC12Oc3ccc(OCCN4CC4)cc3C3C(CCCCO)C(CCCCO)C=C(C(=NOC(C)(C)C)CC1N(C)C(=O)OCC)C32. The Balaban J connectivity index is 1.72. The van der Waals surface area contributed by atoms with Gasteiger partial charge in [-0.15, -0.1) is 6.58 Å². The first-order valence-electron chi connectivity index (χ1n) is 18.6. The number of rotatable bonds is 18. The van der Waals surface area contributed by atoms with Gasteiger partial charge in [0.05, 0.1) is 24.8 Å². The van der Waals surface area contributed by atoms with Crippen LogP contribution in [0.25, 0.3) is 0 Å². The Morgan fingerprint density at radius 1 is 1.16 bits per heavy atom. The third-order valence-corrected chi connectivity index (χ3v) is 10.3. The van der Waals surface area contributed by atoms with E-state index in [-0.39, 0.29) is 50.1 Å². The molecule has 4 aliphatic rings. The second-order valence-electron chi connectivity index (χ2n) is 15.0. The molecular weight excluding hydrogens is 638 g/mol.